The molecule has 0 bridgehead atoms. The normalized spacial score (nSPS) is 17.0. The number of hydrogen-bond donors (Lipinski definition) is 2. The number of nitrogen functional groups attached to an aromatic ring is 1. The summed E-state index contributed by atoms with van der Waals surface area (Å²) in [5.41, 5.74) is 7.48. The number of rotatable bonds is 4. The molecule has 1 fully saturated rings. The third-order valence-electron chi connectivity index (χ3n) is 4.33. The van der Waals surface area contributed by atoms with E-state index in [9.17, 15) is 9.59 Å². The number of carbonyl (C=O) groups excluding carboxylic acids is 1. The van der Waals surface area contributed by atoms with E-state index in [1.54, 1.807) is 24.3 Å². The van der Waals surface area contributed by atoms with Crippen molar-refractivity contribution in [1.29, 1.82) is 0 Å². The van der Waals surface area contributed by atoms with Crippen molar-refractivity contribution in [3.05, 3.63) is 59.3 Å². The molecule has 3 N–H and O–H groups in total. The first kappa shape index (κ1) is 16.0. The average molecular weight is 325 g/mol. The summed E-state index contributed by atoms with van der Waals surface area (Å²) >= 11 is 0. The van der Waals surface area contributed by atoms with Crippen LogP contribution in [-0.2, 0) is 6.42 Å². The predicted molar refractivity (Wildman–Crippen MR) is 89.8 cm³/mol. The molecule has 1 aliphatic rings. The number of nitrogens with two attached hydrogens (primary N) is 1. The van der Waals surface area contributed by atoms with Crippen LogP contribution < -0.4 is 5.73 Å². The van der Waals surface area contributed by atoms with Gasteiger partial charge in [-0.25, -0.2) is 9.78 Å². The molecule has 0 spiro atoms. The number of carbonyl (C=O) groups is 2. The van der Waals surface area contributed by atoms with Crippen molar-refractivity contribution in [2.75, 3.05) is 18.8 Å². The molecule has 1 saturated heterocycles. The standard InChI is InChI=1S/C18H19N3O3/c19-16-6-5-15(10-20-16)17(22)21-8-7-13(11-21)9-12-1-3-14(4-2-12)18(23)24/h1-6,10,13H,7-9,11H2,(H2,19,20)(H,23,24). The quantitative estimate of drug-likeness (QED) is 0.897. The zero-order valence-electron chi connectivity index (χ0n) is 13.2. The number of amides is 1. The van der Waals surface area contributed by atoms with Crippen LogP contribution in [0.5, 0.6) is 0 Å². The second-order valence-electron chi connectivity index (χ2n) is 6.08. The van der Waals surface area contributed by atoms with Crippen LogP contribution >= 0.6 is 0 Å². The monoisotopic (exact) mass is 325 g/mol. The third-order valence-corrected chi connectivity index (χ3v) is 4.33. The molecule has 2 heterocycles. The van der Waals surface area contributed by atoms with Crippen LogP contribution in [0.25, 0.3) is 0 Å². The van der Waals surface area contributed by atoms with E-state index in [2.05, 4.69) is 4.98 Å². The molecular formula is C18H19N3O3. The van der Waals surface area contributed by atoms with Gasteiger partial charge in [-0.1, -0.05) is 12.1 Å². The fourth-order valence-electron chi connectivity index (χ4n) is 3.01. The lowest BCUT2D eigenvalue weighted by molar-refractivity contribution is 0.0696. The first-order valence-corrected chi connectivity index (χ1v) is 7.86. The Labute approximate surface area is 139 Å². The largest absolute Gasteiger partial charge is 0.478 e. The number of aromatic carboxylic acids is 1. The number of carboxylic acids is 1. The highest BCUT2D eigenvalue weighted by molar-refractivity contribution is 5.94. The third kappa shape index (κ3) is 3.53. The predicted octanol–water partition coefficient (Wildman–Crippen LogP) is 2.07. The van der Waals surface area contributed by atoms with Gasteiger partial charge < -0.3 is 15.7 Å². The number of aromatic nitrogens is 1. The summed E-state index contributed by atoms with van der Waals surface area (Å²) in [6.07, 6.45) is 3.29. The maximum atomic E-state index is 12.5. The van der Waals surface area contributed by atoms with Crippen LogP contribution in [0.15, 0.2) is 42.6 Å². The fraction of sp³-hybridized carbons (Fsp3) is 0.278. The zero-order chi connectivity index (χ0) is 17.1. The van der Waals surface area contributed by atoms with E-state index in [0.717, 1.165) is 24.9 Å². The van der Waals surface area contributed by atoms with Crippen molar-refractivity contribution >= 4 is 17.7 Å². The second kappa shape index (κ2) is 6.70. The van der Waals surface area contributed by atoms with Crippen molar-refractivity contribution in [2.45, 2.75) is 12.8 Å². The van der Waals surface area contributed by atoms with Crippen LogP contribution in [0.1, 0.15) is 32.7 Å². The summed E-state index contributed by atoms with van der Waals surface area (Å²) in [6, 6.07) is 10.3. The topological polar surface area (TPSA) is 96.5 Å². The van der Waals surface area contributed by atoms with Gasteiger partial charge in [0.15, 0.2) is 0 Å². The van der Waals surface area contributed by atoms with E-state index >= 15 is 0 Å². The molecule has 2 aromatic rings. The van der Waals surface area contributed by atoms with Gasteiger partial charge in [0.25, 0.3) is 5.91 Å². The number of anilines is 1. The van der Waals surface area contributed by atoms with Gasteiger partial charge in [0, 0.05) is 19.3 Å². The summed E-state index contributed by atoms with van der Waals surface area (Å²) in [6.45, 7) is 1.42. The molecule has 1 unspecified atom stereocenters. The van der Waals surface area contributed by atoms with Crippen LogP contribution in [0.2, 0.25) is 0 Å². The van der Waals surface area contributed by atoms with Gasteiger partial charge >= 0.3 is 5.97 Å². The number of hydrogen-bond acceptors (Lipinski definition) is 4. The van der Waals surface area contributed by atoms with Gasteiger partial charge in [0.05, 0.1) is 11.1 Å². The lowest BCUT2D eigenvalue weighted by Gasteiger charge is -2.16. The van der Waals surface area contributed by atoms with E-state index in [0.29, 0.717) is 23.8 Å². The minimum atomic E-state index is -0.920. The second-order valence-corrected chi connectivity index (χ2v) is 6.08. The highest BCUT2D eigenvalue weighted by Gasteiger charge is 2.27. The molecule has 124 valence electrons. The van der Waals surface area contributed by atoms with E-state index in [-0.39, 0.29) is 11.5 Å². The van der Waals surface area contributed by atoms with Gasteiger partial charge in [0.2, 0.25) is 0 Å². The van der Waals surface area contributed by atoms with E-state index in [4.69, 9.17) is 10.8 Å². The van der Waals surface area contributed by atoms with E-state index in [1.807, 2.05) is 17.0 Å². The molecule has 0 aliphatic carbocycles. The maximum Gasteiger partial charge on any atom is 0.335 e. The minimum Gasteiger partial charge on any atom is -0.478 e. The summed E-state index contributed by atoms with van der Waals surface area (Å²) in [7, 11) is 0. The Hall–Kier alpha value is -2.89. The van der Waals surface area contributed by atoms with E-state index in [1.165, 1.54) is 6.20 Å². The van der Waals surface area contributed by atoms with Gasteiger partial charge in [-0.2, -0.15) is 0 Å². The van der Waals surface area contributed by atoms with Crippen molar-refractivity contribution in [3.63, 3.8) is 0 Å². The Balaban J connectivity index is 1.59. The number of pyridine rings is 1. The first-order valence-electron chi connectivity index (χ1n) is 7.86. The Morgan fingerprint density at radius 1 is 1.17 bits per heavy atom. The number of likely N-dealkylation sites (tertiary alicyclic amines) is 1. The maximum absolute atomic E-state index is 12.5. The summed E-state index contributed by atoms with van der Waals surface area (Å²) in [5, 5.41) is 8.92. The van der Waals surface area contributed by atoms with Crippen molar-refractivity contribution in [1.82, 2.24) is 9.88 Å². The molecule has 24 heavy (non-hydrogen) atoms. The molecule has 1 amide bonds. The molecule has 1 aromatic heterocycles. The molecule has 0 saturated carbocycles. The molecule has 1 aliphatic heterocycles. The number of benzene rings is 1. The van der Waals surface area contributed by atoms with Crippen molar-refractivity contribution < 1.29 is 14.7 Å². The molecular weight excluding hydrogens is 306 g/mol. The summed E-state index contributed by atoms with van der Waals surface area (Å²) in [4.78, 5) is 29.1. The molecule has 1 aromatic carbocycles. The zero-order valence-corrected chi connectivity index (χ0v) is 13.2. The smallest absolute Gasteiger partial charge is 0.335 e. The lowest BCUT2D eigenvalue weighted by atomic mass is 9.98. The Morgan fingerprint density at radius 3 is 2.50 bits per heavy atom. The van der Waals surface area contributed by atoms with Crippen LogP contribution in [-0.4, -0.2) is 40.0 Å². The van der Waals surface area contributed by atoms with Gasteiger partial charge in [0.1, 0.15) is 5.82 Å². The van der Waals surface area contributed by atoms with Gasteiger partial charge in [-0.15, -0.1) is 0 Å². The highest BCUT2D eigenvalue weighted by Crippen LogP contribution is 2.22. The lowest BCUT2D eigenvalue weighted by Crippen LogP contribution is -2.29. The Bertz CT molecular complexity index is 741. The summed E-state index contributed by atoms with van der Waals surface area (Å²) in [5.74, 6) is -0.162. The first-order chi connectivity index (χ1) is 11.5. The molecule has 1 atom stereocenters. The van der Waals surface area contributed by atoms with E-state index < -0.39 is 5.97 Å². The van der Waals surface area contributed by atoms with Crippen molar-refractivity contribution in [3.8, 4) is 0 Å². The number of nitrogens with zero attached hydrogens (tertiary/aromatic N) is 2. The fourth-order valence-corrected chi connectivity index (χ4v) is 3.01. The highest BCUT2D eigenvalue weighted by atomic mass is 16.4. The molecule has 6 heteroatoms. The van der Waals surface area contributed by atoms with Crippen LogP contribution in [0, 0.1) is 5.92 Å². The number of carboxylic acid groups (broad SMARTS) is 1. The van der Waals surface area contributed by atoms with Crippen molar-refractivity contribution in [2.24, 2.45) is 5.92 Å². The SMILES string of the molecule is Nc1ccc(C(=O)N2CCC(Cc3ccc(C(=O)O)cc3)C2)cn1. The van der Waals surface area contributed by atoms with Gasteiger partial charge in [-0.3, -0.25) is 4.79 Å². The van der Waals surface area contributed by atoms with Crippen LogP contribution in [0.4, 0.5) is 5.82 Å². The minimum absolute atomic E-state index is 0.0220. The Kier molecular flexibility index (Phi) is 4.46. The molecule has 6 nitrogen and oxygen atoms in total. The molecule has 0 radical (unpaired) electrons. The Morgan fingerprint density at radius 2 is 1.88 bits per heavy atom. The average Bonchev–Trinajstić information content (AvgIpc) is 3.04. The molecule has 3 rings (SSSR count). The van der Waals surface area contributed by atoms with Crippen LogP contribution in [0.3, 0.4) is 0 Å². The summed E-state index contributed by atoms with van der Waals surface area (Å²) < 4.78 is 0. The van der Waals surface area contributed by atoms with Gasteiger partial charge in [-0.05, 0) is 48.6 Å².